The molecule has 1 aliphatic carbocycles. The lowest BCUT2D eigenvalue weighted by molar-refractivity contribution is 0.146. The standard InChI is InChI=1S/C25H33O4P/c1-17(15-19-7-9-20(10-8-19)18(2)29-30(26,27)28)21-11-12-22-23(16-21)25(5,6)14-13-24(22,3)4/h7-12,15-16,18H,13-14H2,1-6H3,(H2,26,27,28). The van der Waals surface area contributed by atoms with E-state index in [2.05, 4.69) is 58.9 Å². The fourth-order valence-electron chi connectivity index (χ4n) is 4.30. The van der Waals surface area contributed by atoms with Gasteiger partial charge in [-0.2, -0.15) is 0 Å². The van der Waals surface area contributed by atoms with Crippen molar-refractivity contribution in [2.24, 2.45) is 0 Å². The van der Waals surface area contributed by atoms with Gasteiger partial charge in [0.1, 0.15) is 0 Å². The largest absolute Gasteiger partial charge is 0.470 e. The van der Waals surface area contributed by atoms with Gasteiger partial charge in [-0.3, -0.25) is 4.52 Å². The number of allylic oxidation sites excluding steroid dienone is 1. The van der Waals surface area contributed by atoms with Crippen LogP contribution in [0.25, 0.3) is 11.6 Å². The summed E-state index contributed by atoms with van der Waals surface area (Å²) in [5.74, 6) is 0. The number of phosphoric acid groups is 1. The molecule has 0 saturated carbocycles. The van der Waals surface area contributed by atoms with E-state index in [1.54, 1.807) is 6.92 Å². The van der Waals surface area contributed by atoms with Gasteiger partial charge < -0.3 is 9.79 Å². The summed E-state index contributed by atoms with van der Waals surface area (Å²) in [6, 6.07) is 14.5. The van der Waals surface area contributed by atoms with Gasteiger partial charge in [0.05, 0.1) is 6.10 Å². The van der Waals surface area contributed by atoms with E-state index in [0.29, 0.717) is 0 Å². The summed E-state index contributed by atoms with van der Waals surface area (Å²) in [7, 11) is -4.50. The van der Waals surface area contributed by atoms with Crippen molar-refractivity contribution in [1.82, 2.24) is 0 Å². The molecule has 4 nitrogen and oxygen atoms in total. The van der Waals surface area contributed by atoms with E-state index < -0.39 is 13.9 Å². The second-order valence-corrected chi connectivity index (χ2v) is 11.0. The van der Waals surface area contributed by atoms with E-state index in [1.165, 1.54) is 35.1 Å². The quantitative estimate of drug-likeness (QED) is 0.407. The van der Waals surface area contributed by atoms with E-state index in [1.807, 2.05) is 24.3 Å². The minimum atomic E-state index is -4.50. The third kappa shape index (κ3) is 5.12. The van der Waals surface area contributed by atoms with E-state index >= 15 is 0 Å². The Bertz CT molecular complexity index is 996. The molecule has 30 heavy (non-hydrogen) atoms. The Balaban J connectivity index is 1.87. The normalized spacial score (nSPS) is 19.3. The van der Waals surface area contributed by atoms with Crippen LogP contribution >= 0.6 is 7.82 Å². The average Bonchev–Trinajstić information content (AvgIpc) is 2.64. The number of phosphoric ester groups is 1. The molecule has 0 radical (unpaired) electrons. The maximum atomic E-state index is 11.0. The zero-order valence-electron chi connectivity index (χ0n) is 18.8. The Labute approximate surface area is 180 Å². The smallest absolute Gasteiger partial charge is 0.303 e. The van der Waals surface area contributed by atoms with Crippen LogP contribution in [0.3, 0.4) is 0 Å². The van der Waals surface area contributed by atoms with Crippen molar-refractivity contribution >= 4 is 19.5 Å². The first-order valence-corrected chi connectivity index (χ1v) is 12.0. The highest BCUT2D eigenvalue weighted by molar-refractivity contribution is 7.46. The van der Waals surface area contributed by atoms with Crippen LogP contribution in [0.15, 0.2) is 42.5 Å². The molecule has 2 N–H and O–H groups in total. The molecule has 0 spiro atoms. The predicted molar refractivity (Wildman–Crippen MR) is 123 cm³/mol. The zero-order chi connectivity index (χ0) is 22.3. The molecule has 0 amide bonds. The Morgan fingerprint density at radius 3 is 2.13 bits per heavy atom. The van der Waals surface area contributed by atoms with E-state index in [9.17, 15) is 4.57 Å². The molecule has 0 heterocycles. The second kappa shape index (κ2) is 8.09. The first-order valence-electron chi connectivity index (χ1n) is 10.5. The minimum absolute atomic E-state index is 0.178. The third-order valence-corrected chi connectivity index (χ3v) is 6.98. The lowest BCUT2D eigenvalue weighted by atomic mass is 9.63. The minimum Gasteiger partial charge on any atom is -0.303 e. The summed E-state index contributed by atoms with van der Waals surface area (Å²) < 4.78 is 15.8. The maximum Gasteiger partial charge on any atom is 0.470 e. The first-order chi connectivity index (χ1) is 13.8. The molecule has 1 aliphatic rings. The topological polar surface area (TPSA) is 66.8 Å². The summed E-state index contributed by atoms with van der Waals surface area (Å²) in [6.45, 7) is 13.1. The van der Waals surface area contributed by atoms with Gasteiger partial charge in [-0.05, 0) is 70.9 Å². The summed E-state index contributed by atoms with van der Waals surface area (Å²) >= 11 is 0. The van der Waals surface area contributed by atoms with Crippen molar-refractivity contribution in [2.75, 3.05) is 0 Å². The van der Waals surface area contributed by atoms with Crippen LogP contribution in [-0.4, -0.2) is 9.79 Å². The molecule has 0 saturated heterocycles. The lowest BCUT2D eigenvalue weighted by Crippen LogP contribution is -2.33. The van der Waals surface area contributed by atoms with Crippen molar-refractivity contribution < 1.29 is 18.9 Å². The highest BCUT2D eigenvalue weighted by atomic mass is 31.2. The fraction of sp³-hybridized carbons (Fsp3) is 0.440. The summed E-state index contributed by atoms with van der Waals surface area (Å²) in [5, 5.41) is 0. The van der Waals surface area contributed by atoms with E-state index in [4.69, 9.17) is 14.3 Å². The van der Waals surface area contributed by atoms with Crippen molar-refractivity contribution in [3.8, 4) is 0 Å². The third-order valence-electron chi connectivity index (χ3n) is 6.39. The van der Waals surface area contributed by atoms with Gasteiger partial charge in [-0.25, -0.2) is 4.57 Å². The van der Waals surface area contributed by atoms with Crippen LogP contribution in [0.1, 0.15) is 88.3 Å². The molecule has 5 heteroatoms. The van der Waals surface area contributed by atoms with Crippen LogP contribution in [-0.2, 0) is 19.9 Å². The highest BCUT2D eigenvalue weighted by Gasteiger charge is 2.36. The number of fused-ring (bicyclic) bond motifs is 1. The number of rotatable bonds is 5. The molecule has 0 bridgehead atoms. The summed E-state index contributed by atoms with van der Waals surface area (Å²) in [6.07, 6.45) is 3.87. The number of benzene rings is 2. The van der Waals surface area contributed by atoms with Crippen LogP contribution in [0.5, 0.6) is 0 Å². The molecule has 0 fully saturated rings. The lowest BCUT2D eigenvalue weighted by Gasteiger charge is -2.42. The van der Waals surface area contributed by atoms with Crippen LogP contribution in [0.4, 0.5) is 0 Å². The van der Waals surface area contributed by atoms with E-state index in [-0.39, 0.29) is 10.8 Å². The van der Waals surface area contributed by atoms with Gasteiger partial charge in [0.25, 0.3) is 0 Å². The Morgan fingerprint density at radius 2 is 1.57 bits per heavy atom. The second-order valence-electron chi connectivity index (χ2n) is 9.76. The molecule has 162 valence electrons. The van der Waals surface area contributed by atoms with Crippen molar-refractivity contribution in [1.29, 1.82) is 0 Å². The van der Waals surface area contributed by atoms with Crippen molar-refractivity contribution in [3.05, 3.63) is 70.3 Å². The average molecular weight is 429 g/mol. The van der Waals surface area contributed by atoms with Gasteiger partial charge in [-0.15, -0.1) is 0 Å². The van der Waals surface area contributed by atoms with Crippen molar-refractivity contribution in [3.63, 3.8) is 0 Å². The van der Waals surface area contributed by atoms with Crippen LogP contribution in [0, 0.1) is 0 Å². The number of hydrogen-bond acceptors (Lipinski definition) is 2. The van der Waals surface area contributed by atoms with Gasteiger partial charge in [0.2, 0.25) is 0 Å². The molecular weight excluding hydrogens is 395 g/mol. The summed E-state index contributed by atoms with van der Waals surface area (Å²) in [5.41, 5.74) is 7.47. The van der Waals surface area contributed by atoms with Crippen LogP contribution < -0.4 is 0 Å². The molecular formula is C25H33O4P. The maximum absolute atomic E-state index is 11.0. The molecule has 0 aromatic heterocycles. The first kappa shape index (κ1) is 23.0. The van der Waals surface area contributed by atoms with Crippen molar-refractivity contribution in [2.45, 2.75) is 71.3 Å². The van der Waals surface area contributed by atoms with Gasteiger partial charge in [-0.1, -0.05) is 76.2 Å². The summed E-state index contributed by atoms with van der Waals surface area (Å²) in [4.78, 5) is 18.0. The molecule has 0 aliphatic heterocycles. The highest BCUT2D eigenvalue weighted by Crippen LogP contribution is 2.46. The molecule has 1 unspecified atom stereocenters. The Hall–Kier alpha value is -1.71. The van der Waals surface area contributed by atoms with E-state index in [0.717, 1.165) is 11.1 Å². The van der Waals surface area contributed by atoms with Crippen LogP contribution in [0.2, 0.25) is 0 Å². The Kier molecular flexibility index (Phi) is 6.19. The molecule has 1 atom stereocenters. The zero-order valence-corrected chi connectivity index (χ0v) is 19.7. The fourth-order valence-corrected chi connectivity index (χ4v) is 4.83. The molecule has 2 aromatic rings. The number of hydrogen-bond donors (Lipinski definition) is 2. The molecule has 2 aromatic carbocycles. The SMILES string of the molecule is CC(=Cc1ccc(C(C)OP(=O)(O)O)cc1)c1ccc2c(c1)C(C)(C)CCC2(C)C. The van der Waals surface area contributed by atoms with Gasteiger partial charge in [0.15, 0.2) is 0 Å². The predicted octanol–water partition coefficient (Wildman–Crippen LogP) is 6.77. The molecule has 3 rings (SSSR count). The van der Waals surface area contributed by atoms with Gasteiger partial charge in [0, 0.05) is 0 Å². The Morgan fingerprint density at radius 1 is 1.00 bits per heavy atom. The monoisotopic (exact) mass is 428 g/mol. The van der Waals surface area contributed by atoms with Gasteiger partial charge >= 0.3 is 7.82 Å².